The van der Waals surface area contributed by atoms with Gasteiger partial charge in [-0.25, -0.2) is 0 Å². The summed E-state index contributed by atoms with van der Waals surface area (Å²) in [5, 5.41) is 4.29. The predicted molar refractivity (Wildman–Crippen MR) is 78.2 cm³/mol. The Labute approximate surface area is 109 Å². The molecule has 0 nitrogen and oxygen atoms in total. The van der Waals surface area contributed by atoms with E-state index in [1.807, 2.05) is 11.3 Å². The van der Waals surface area contributed by atoms with Crippen molar-refractivity contribution in [2.24, 2.45) is 0 Å². The van der Waals surface area contributed by atoms with Gasteiger partial charge in [0.05, 0.1) is 0 Å². The number of hydrogen-bond donors (Lipinski definition) is 0. The van der Waals surface area contributed by atoms with E-state index in [1.165, 1.54) is 25.1 Å². The zero-order valence-corrected chi connectivity index (χ0v) is 11.5. The molecule has 0 aliphatic rings. The van der Waals surface area contributed by atoms with Crippen molar-refractivity contribution in [1.29, 1.82) is 0 Å². The summed E-state index contributed by atoms with van der Waals surface area (Å²) in [5.41, 5.74) is 0. The summed E-state index contributed by atoms with van der Waals surface area (Å²) in [6.07, 6.45) is 0. The van der Waals surface area contributed by atoms with Crippen molar-refractivity contribution >= 4 is 54.5 Å². The molecule has 0 bridgehead atoms. The third-order valence-corrected chi connectivity index (χ3v) is 7.05. The van der Waals surface area contributed by atoms with Gasteiger partial charge in [0.15, 0.2) is 0 Å². The van der Waals surface area contributed by atoms with Gasteiger partial charge in [-0.15, -0.1) is 0 Å². The number of rotatable bonds is 0. The Bertz CT molecular complexity index is 839. The third-order valence-electron chi connectivity index (χ3n) is 3.02. The fraction of sp³-hybridized carbons (Fsp3) is 0. The summed E-state index contributed by atoms with van der Waals surface area (Å²) in [5.74, 6) is 0. The van der Waals surface area contributed by atoms with Crippen LogP contribution < -0.4 is 0 Å². The summed E-state index contributed by atoms with van der Waals surface area (Å²) >= 11 is 2.44. The second kappa shape index (κ2) is 3.64. The van der Waals surface area contributed by atoms with Crippen LogP contribution in [0.5, 0.6) is 0 Å². The number of benzene rings is 2. The van der Waals surface area contributed by atoms with Gasteiger partial charge in [-0.05, 0) is 0 Å². The Morgan fingerprint density at radius 3 is 2.65 bits per heavy atom. The fourth-order valence-electron chi connectivity index (χ4n) is 2.20. The Balaban J connectivity index is 2.28. The second-order valence-electron chi connectivity index (χ2n) is 4.08. The predicted octanol–water partition coefficient (Wildman–Crippen LogP) is 4.55. The molecule has 2 aromatic heterocycles. The molecule has 0 N–H and O–H groups in total. The molecule has 2 aromatic carbocycles. The van der Waals surface area contributed by atoms with Crippen LogP contribution >= 0.6 is 11.3 Å². The van der Waals surface area contributed by atoms with Crippen molar-refractivity contribution < 1.29 is 0 Å². The molecule has 2 heterocycles. The molecule has 0 aliphatic heterocycles. The van der Waals surface area contributed by atoms with Gasteiger partial charge in [0.1, 0.15) is 0 Å². The molecule has 2 heteroatoms. The number of hydrogen-bond acceptors (Lipinski definition) is 1. The first-order chi connectivity index (χ1) is 8.42. The molecular weight excluding hydrogens is 291 g/mol. The molecule has 0 atom stereocenters. The van der Waals surface area contributed by atoms with E-state index in [9.17, 15) is 0 Å². The zero-order chi connectivity index (χ0) is 11.2. The minimum atomic E-state index is 0.477. The van der Waals surface area contributed by atoms with E-state index in [4.69, 9.17) is 0 Å². The van der Waals surface area contributed by atoms with Crippen molar-refractivity contribution in [1.82, 2.24) is 0 Å². The molecule has 4 aromatic rings. The van der Waals surface area contributed by atoms with Crippen molar-refractivity contribution in [2.45, 2.75) is 0 Å². The van der Waals surface area contributed by atoms with Crippen LogP contribution in [0.15, 0.2) is 54.6 Å². The standard InChI is InChI=1S/C15H9SSe/c1-4-8-14-10(5-1)9-12-11-6-2-3-7-13(11)16-15(12)17-14/h1-9H/q+1. The van der Waals surface area contributed by atoms with Crippen LogP contribution in [0.3, 0.4) is 0 Å². The van der Waals surface area contributed by atoms with Crippen molar-refractivity contribution in [3.63, 3.8) is 0 Å². The summed E-state index contributed by atoms with van der Waals surface area (Å²) in [7, 11) is 0. The molecule has 80 valence electrons. The summed E-state index contributed by atoms with van der Waals surface area (Å²) in [4.78, 5) is 0. The van der Waals surface area contributed by atoms with Gasteiger partial charge in [-0.2, -0.15) is 0 Å². The summed E-state index contributed by atoms with van der Waals surface area (Å²) in [6, 6.07) is 19.9. The van der Waals surface area contributed by atoms with Gasteiger partial charge in [0, 0.05) is 0 Å². The quantitative estimate of drug-likeness (QED) is 0.418. The topological polar surface area (TPSA) is 0 Å². The minimum absolute atomic E-state index is 0.477. The van der Waals surface area contributed by atoms with E-state index in [0.29, 0.717) is 14.5 Å². The number of fused-ring (bicyclic) bond motifs is 4. The van der Waals surface area contributed by atoms with Gasteiger partial charge >= 0.3 is 109 Å². The van der Waals surface area contributed by atoms with E-state index in [-0.39, 0.29) is 0 Å². The molecule has 0 fully saturated rings. The molecule has 4 rings (SSSR count). The van der Waals surface area contributed by atoms with Crippen LogP contribution in [0.1, 0.15) is 0 Å². The van der Waals surface area contributed by atoms with Gasteiger partial charge in [-0.3, -0.25) is 0 Å². The van der Waals surface area contributed by atoms with Crippen LogP contribution in [0, 0.1) is 0 Å². The molecule has 0 saturated heterocycles. The molecule has 0 spiro atoms. The average Bonchev–Trinajstić information content (AvgIpc) is 2.73. The number of thiophene rings is 1. The van der Waals surface area contributed by atoms with Gasteiger partial charge < -0.3 is 0 Å². The Morgan fingerprint density at radius 2 is 1.65 bits per heavy atom. The molecule has 17 heavy (non-hydrogen) atoms. The monoisotopic (exact) mass is 301 g/mol. The van der Waals surface area contributed by atoms with E-state index in [2.05, 4.69) is 54.6 Å². The van der Waals surface area contributed by atoms with Gasteiger partial charge in [-0.1, -0.05) is 0 Å². The molecular formula is C15H9SSe+. The Kier molecular flexibility index (Phi) is 2.10. The average molecular weight is 300 g/mol. The molecule has 0 saturated carbocycles. The van der Waals surface area contributed by atoms with Gasteiger partial charge in [0.25, 0.3) is 0 Å². The van der Waals surface area contributed by atoms with E-state index < -0.39 is 0 Å². The first-order valence-electron chi connectivity index (χ1n) is 5.55. The van der Waals surface area contributed by atoms with E-state index in [1.54, 1.807) is 3.57 Å². The first kappa shape index (κ1) is 9.78. The van der Waals surface area contributed by atoms with Crippen LogP contribution in [0.25, 0.3) is 28.7 Å². The maximum absolute atomic E-state index is 2.36. The first-order valence-corrected chi connectivity index (χ1v) is 8.08. The van der Waals surface area contributed by atoms with Crippen molar-refractivity contribution in [2.75, 3.05) is 0 Å². The van der Waals surface area contributed by atoms with E-state index in [0.717, 1.165) is 0 Å². The van der Waals surface area contributed by atoms with Crippen LogP contribution in [0.4, 0.5) is 0 Å². The van der Waals surface area contributed by atoms with Crippen molar-refractivity contribution in [3.05, 3.63) is 54.6 Å². The third kappa shape index (κ3) is 1.45. The van der Waals surface area contributed by atoms with Crippen molar-refractivity contribution in [3.8, 4) is 0 Å². The van der Waals surface area contributed by atoms with Crippen LogP contribution in [0.2, 0.25) is 0 Å². The molecule has 0 unspecified atom stereocenters. The summed E-state index contributed by atoms with van der Waals surface area (Å²) < 4.78 is 4.50. The van der Waals surface area contributed by atoms with E-state index >= 15 is 0 Å². The Morgan fingerprint density at radius 1 is 0.824 bits per heavy atom. The molecule has 0 radical (unpaired) electrons. The van der Waals surface area contributed by atoms with Crippen LogP contribution in [-0.2, 0) is 0 Å². The second-order valence-corrected chi connectivity index (χ2v) is 7.93. The summed E-state index contributed by atoms with van der Waals surface area (Å²) in [6.45, 7) is 0. The molecule has 0 aliphatic carbocycles. The molecule has 0 amide bonds. The van der Waals surface area contributed by atoms with Crippen LogP contribution in [-0.4, -0.2) is 14.5 Å². The van der Waals surface area contributed by atoms with Gasteiger partial charge in [0.2, 0.25) is 0 Å². The fourth-order valence-corrected chi connectivity index (χ4v) is 6.28. The Hall–Kier alpha value is -1.21. The zero-order valence-electron chi connectivity index (χ0n) is 9.01. The SMILES string of the molecule is c1ccc2[se+]c3sc4ccccc4c3cc2c1. The normalized spacial score (nSPS) is 11.5. The maximum atomic E-state index is 2.36.